The second-order valence-electron chi connectivity index (χ2n) is 5.35. The number of benzene rings is 2. The van der Waals surface area contributed by atoms with Crippen molar-refractivity contribution in [2.24, 2.45) is 5.10 Å². The van der Waals surface area contributed by atoms with Crippen molar-refractivity contribution in [3.8, 4) is 0 Å². The van der Waals surface area contributed by atoms with Crippen molar-refractivity contribution in [3.05, 3.63) is 64.4 Å². The number of hydrogen-bond donors (Lipinski definition) is 2. The topological polar surface area (TPSA) is 70.6 Å². The van der Waals surface area contributed by atoms with Gasteiger partial charge in [-0.15, -0.1) is 0 Å². The number of nitrogens with zero attached hydrogens (tertiary/aromatic N) is 1. The third-order valence-electron chi connectivity index (χ3n) is 3.31. The van der Waals surface area contributed by atoms with Crippen molar-refractivity contribution in [3.63, 3.8) is 0 Å². The Morgan fingerprint density at radius 1 is 1.12 bits per heavy atom. The summed E-state index contributed by atoms with van der Waals surface area (Å²) in [6.07, 6.45) is 1.42. The summed E-state index contributed by atoms with van der Waals surface area (Å²) < 4.78 is 12.8. The highest BCUT2D eigenvalue weighted by Crippen LogP contribution is 2.19. The lowest BCUT2D eigenvalue weighted by Gasteiger charge is -2.08. The van der Waals surface area contributed by atoms with E-state index in [4.69, 9.17) is 11.6 Å². The largest absolute Gasteiger partial charge is 0.326 e. The summed E-state index contributed by atoms with van der Waals surface area (Å²) in [5.74, 6) is -1.01. The van der Waals surface area contributed by atoms with Gasteiger partial charge < -0.3 is 5.32 Å². The van der Waals surface area contributed by atoms with Crippen LogP contribution >= 0.6 is 11.6 Å². The van der Waals surface area contributed by atoms with Gasteiger partial charge in [0.1, 0.15) is 5.82 Å². The number of carbonyl (C=O) groups excluding carboxylic acids is 2. The summed E-state index contributed by atoms with van der Waals surface area (Å²) >= 11 is 5.86. The molecular weight excluding hydrogens is 345 g/mol. The Morgan fingerprint density at radius 2 is 1.80 bits per heavy atom. The number of amides is 2. The first-order valence-corrected chi connectivity index (χ1v) is 7.95. The summed E-state index contributed by atoms with van der Waals surface area (Å²) in [6.45, 7) is 1.83. The number of carbonyl (C=O) groups is 2. The van der Waals surface area contributed by atoms with Crippen LogP contribution in [0.4, 0.5) is 10.1 Å². The van der Waals surface area contributed by atoms with Crippen LogP contribution in [0.1, 0.15) is 24.0 Å². The second kappa shape index (κ2) is 8.94. The molecule has 2 aromatic rings. The molecule has 2 N–H and O–H groups in total. The molecule has 0 aromatic heterocycles. The van der Waals surface area contributed by atoms with Gasteiger partial charge in [-0.05, 0) is 48.4 Å². The predicted molar refractivity (Wildman–Crippen MR) is 96.2 cm³/mol. The van der Waals surface area contributed by atoms with Crippen LogP contribution < -0.4 is 10.7 Å². The fraction of sp³-hybridized carbons (Fsp3) is 0.167. The molecule has 0 aliphatic rings. The predicted octanol–water partition coefficient (Wildman–Crippen LogP) is 3.66. The first-order valence-electron chi connectivity index (χ1n) is 7.57. The van der Waals surface area contributed by atoms with Gasteiger partial charge in [-0.1, -0.05) is 23.7 Å². The molecule has 5 nitrogen and oxygen atoms in total. The van der Waals surface area contributed by atoms with E-state index in [0.29, 0.717) is 16.3 Å². The Labute approximate surface area is 149 Å². The van der Waals surface area contributed by atoms with Crippen LogP contribution in [0.25, 0.3) is 0 Å². The average Bonchev–Trinajstić information content (AvgIpc) is 2.57. The molecule has 0 heterocycles. The number of hydrazone groups is 1. The Kier molecular flexibility index (Phi) is 6.65. The number of rotatable bonds is 6. The zero-order valence-electron chi connectivity index (χ0n) is 13.6. The van der Waals surface area contributed by atoms with Gasteiger partial charge in [0, 0.05) is 23.6 Å². The van der Waals surface area contributed by atoms with Gasteiger partial charge in [-0.3, -0.25) is 9.59 Å². The highest BCUT2D eigenvalue weighted by molar-refractivity contribution is 6.30. The van der Waals surface area contributed by atoms with Crippen LogP contribution in [0, 0.1) is 12.7 Å². The number of nitrogens with one attached hydrogen (secondary N) is 2. The third-order valence-corrected chi connectivity index (χ3v) is 3.55. The molecule has 0 radical (unpaired) electrons. The molecule has 2 aromatic carbocycles. The molecule has 2 amide bonds. The zero-order chi connectivity index (χ0) is 18.2. The Balaban J connectivity index is 1.75. The molecular formula is C18H17ClFN3O2. The van der Waals surface area contributed by atoms with Gasteiger partial charge in [0.25, 0.3) is 0 Å². The van der Waals surface area contributed by atoms with E-state index in [1.54, 1.807) is 18.2 Å². The van der Waals surface area contributed by atoms with Gasteiger partial charge in [-0.25, -0.2) is 9.82 Å². The zero-order valence-corrected chi connectivity index (χ0v) is 14.3. The Hall–Kier alpha value is -2.73. The summed E-state index contributed by atoms with van der Waals surface area (Å²) in [4.78, 5) is 23.6. The van der Waals surface area contributed by atoms with E-state index >= 15 is 0 Å². The van der Waals surface area contributed by atoms with E-state index in [-0.39, 0.29) is 30.5 Å². The lowest BCUT2D eigenvalue weighted by molar-refractivity contribution is -0.124. The van der Waals surface area contributed by atoms with Crippen LogP contribution in [0.5, 0.6) is 0 Å². The maximum absolute atomic E-state index is 12.8. The van der Waals surface area contributed by atoms with Crippen molar-refractivity contribution in [2.45, 2.75) is 19.8 Å². The Bertz CT molecular complexity index is 791. The minimum atomic E-state index is -0.388. The third kappa shape index (κ3) is 6.35. The fourth-order valence-corrected chi connectivity index (χ4v) is 2.22. The van der Waals surface area contributed by atoms with Gasteiger partial charge >= 0.3 is 0 Å². The first-order chi connectivity index (χ1) is 11.9. The molecule has 0 atom stereocenters. The van der Waals surface area contributed by atoms with Crippen LogP contribution in [0.15, 0.2) is 47.6 Å². The highest BCUT2D eigenvalue weighted by atomic mass is 35.5. The normalized spacial score (nSPS) is 10.7. The molecule has 7 heteroatoms. The maximum Gasteiger partial charge on any atom is 0.240 e. The minimum absolute atomic E-state index is 0.000765. The van der Waals surface area contributed by atoms with Crippen molar-refractivity contribution >= 4 is 35.3 Å². The monoisotopic (exact) mass is 361 g/mol. The number of halogens is 2. The van der Waals surface area contributed by atoms with Crippen molar-refractivity contribution < 1.29 is 14.0 Å². The van der Waals surface area contributed by atoms with Gasteiger partial charge in [0.15, 0.2) is 0 Å². The molecule has 0 bridgehead atoms. The standard InChI is InChI=1S/C18H17ClFN3O2/c1-12-10-14(19)4-7-16(12)22-17(24)8-9-18(25)23-21-11-13-2-5-15(20)6-3-13/h2-7,10-11H,8-9H2,1H3,(H,22,24)(H,23,25). The molecule has 0 saturated heterocycles. The summed E-state index contributed by atoms with van der Waals surface area (Å²) in [7, 11) is 0. The molecule has 0 fully saturated rings. The molecule has 0 unspecified atom stereocenters. The lowest BCUT2D eigenvalue weighted by Crippen LogP contribution is -2.20. The number of anilines is 1. The quantitative estimate of drug-likeness (QED) is 0.609. The van der Waals surface area contributed by atoms with Crippen LogP contribution in [-0.2, 0) is 9.59 Å². The van der Waals surface area contributed by atoms with Gasteiger partial charge in [0.05, 0.1) is 6.21 Å². The van der Waals surface area contributed by atoms with E-state index in [9.17, 15) is 14.0 Å². The van der Waals surface area contributed by atoms with E-state index in [1.165, 1.54) is 30.5 Å². The van der Waals surface area contributed by atoms with E-state index in [0.717, 1.165) is 5.56 Å². The second-order valence-corrected chi connectivity index (χ2v) is 5.79. The van der Waals surface area contributed by atoms with Crippen molar-refractivity contribution in [1.82, 2.24) is 5.43 Å². The summed E-state index contributed by atoms with van der Waals surface area (Å²) in [6, 6.07) is 10.8. The molecule has 2 rings (SSSR count). The van der Waals surface area contributed by atoms with E-state index in [2.05, 4.69) is 15.8 Å². The number of aryl methyl sites for hydroxylation is 1. The van der Waals surface area contributed by atoms with Gasteiger partial charge in [-0.2, -0.15) is 5.10 Å². The minimum Gasteiger partial charge on any atom is -0.326 e. The van der Waals surface area contributed by atoms with Crippen LogP contribution in [0.3, 0.4) is 0 Å². The summed E-state index contributed by atoms with van der Waals surface area (Å²) in [5, 5.41) is 7.08. The molecule has 0 spiro atoms. The molecule has 0 saturated carbocycles. The summed E-state index contributed by atoms with van der Waals surface area (Å²) in [5.41, 5.74) is 4.47. The van der Waals surface area contributed by atoms with Crippen LogP contribution in [0.2, 0.25) is 5.02 Å². The smallest absolute Gasteiger partial charge is 0.240 e. The SMILES string of the molecule is Cc1cc(Cl)ccc1NC(=O)CCC(=O)NN=Cc1ccc(F)cc1. The molecule has 130 valence electrons. The molecule has 0 aliphatic heterocycles. The fourth-order valence-electron chi connectivity index (χ4n) is 1.99. The Morgan fingerprint density at radius 3 is 2.48 bits per heavy atom. The van der Waals surface area contributed by atoms with Gasteiger partial charge in [0.2, 0.25) is 11.8 Å². The van der Waals surface area contributed by atoms with E-state index in [1.807, 2.05) is 6.92 Å². The highest BCUT2D eigenvalue weighted by Gasteiger charge is 2.08. The average molecular weight is 362 g/mol. The lowest BCUT2D eigenvalue weighted by atomic mass is 10.2. The molecule has 25 heavy (non-hydrogen) atoms. The first kappa shape index (κ1) is 18.6. The van der Waals surface area contributed by atoms with Crippen LogP contribution in [-0.4, -0.2) is 18.0 Å². The number of hydrogen-bond acceptors (Lipinski definition) is 3. The van der Waals surface area contributed by atoms with E-state index < -0.39 is 0 Å². The molecule has 0 aliphatic carbocycles. The van der Waals surface area contributed by atoms with Crippen molar-refractivity contribution in [2.75, 3.05) is 5.32 Å². The van der Waals surface area contributed by atoms with Crippen molar-refractivity contribution in [1.29, 1.82) is 0 Å². The maximum atomic E-state index is 12.8.